The highest BCUT2D eigenvalue weighted by molar-refractivity contribution is 5.60. The van der Waals surface area contributed by atoms with Crippen molar-refractivity contribution in [2.24, 2.45) is 17.8 Å². The number of hydrogen-bond acceptors (Lipinski definition) is 0. The van der Waals surface area contributed by atoms with Gasteiger partial charge < -0.3 is 0 Å². The maximum Gasteiger partial charge on any atom is 0.248 e. The lowest BCUT2D eigenvalue weighted by Gasteiger charge is -2.25. The van der Waals surface area contributed by atoms with E-state index in [-0.39, 0.29) is 12.8 Å². The zero-order chi connectivity index (χ0) is 32.7. The lowest BCUT2D eigenvalue weighted by Crippen LogP contribution is -2.13. The summed E-state index contributed by atoms with van der Waals surface area (Å²) in [5.74, 6) is -0.921. The molecule has 1 fully saturated rings. The van der Waals surface area contributed by atoms with Gasteiger partial charge in [0.1, 0.15) is 0 Å². The highest BCUT2D eigenvalue weighted by Gasteiger charge is 2.25. The first-order valence-electron chi connectivity index (χ1n) is 17.5. The van der Waals surface area contributed by atoms with Crippen LogP contribution in [0, 0.1) is 17.8 Å². The molecule has 1 saturated carbocycles. The fourth-order valence-corrected chi connectivity index (χ4v) is 6.39. The number of halogens is 2. The Labute approximate surface area is 266 Å². The van der Waals surface area contributed by atoms with Crippen LogP contribution in [-0.2, 0) is 0 Å². The predicted octanol–water partition coefficient (Wildman–Crippen LogP) is 14.2. The van der Waals surface area contributed by atoms with Gasteiger partial charge in [0.2, 0.25) is 5.92 Å². The van der Waals surface area contributed by atoms with E-state index in [9.17, 15) is 8.78 Å². The van der Waals surface area contributed by atoms with Gasteiger partial charge >= 0.3 is 0 Å². The third-order valence-corrected chi connectivity index (χ3v) is 10.1. The maximum absolute atomic E-state index is 14.1. The minimum atomic E-state index is -2.61. The summed E-state index contributed by atoms with van der Waals surface area (Å²) in [7, 11) is 0. The van der Waals surface area contributed by atoms with Gasteiger partial charge in [-0.25, -0.2) is 8.78 Å². The standard InChI is InChI=1S/C41H66F2/c1-13-30(7)34(11)40(35(12)31(8)14-2)38(16-4)28-32(9)33(10)39(27-29(6)26-36-22-19-18-20-23-36)37(15-3)24-21-25-41(42,43)17-5/h16,24,27-30,36H,10,13-15,17-23,25-26H2,1-9,11-12H3/b32-28-,35-31+,37-24+,38-16+,39-27+,40-34+. The number of rotatable bonds is 17. The van der Waals surface area contributed by atoms with Gasteiger partial charge in [0.25, 0.3) is 0 Å². The Balaban J connectivity index is 3.65. The van der Waals surface area contributed by atoms with E-state index in [0.717, 1.165) is 47.5 Å². The minimum Gasteiger partial charge on any atom is -0.207 e. The predicted molar refractivity (Wildman–Crippen MR) is 189 cm³/mol. The molecule has 2 unspecified atom stereocenters. The van der Waals surface area contributed by atoms with E-state index in [0.29, 0.717) is 18.3 Å². The summed E-state index contributed by atoms with van der Waals surface area (Å²) in [5, 5.41) is 0. The lowest BCUT2D eigenvalue weighted by molar-refractivity contribution is -0.0104. The highest BCUT2D eigenvalue weighted by atomic mass is 19.3. The van der Waals surface area contributed by atoms with Crippen LogP contribution < -0.4 is 0 Å². The second-order valence-corrected chi connectivity index (χ2v) is 13.3. The van der Waals surface area contributed by atoms with Gasteiger partial charge in [0.05, 0.1) is 0 Å². The van der Waals surface area contributed by atoms with Crippen molar-refractivity contribution in [2.75, 3.05) is 0 Å². The van der Waals surface area contributed by atoms with Crippen LogP contribution in [0.5, 0.6) is 0 Å². The molecule has 0 nitrogen and oxygen atoms in total. The molecule has 0 bridgehead atoms. The summed E-state index contributed by atoms with van der Waals surface area (Å²) in [5.41, 5.74) is 11.2. The molecule has 0 radical (unpaired) electrons. The second-order valence-electron chi connectivity index (χ2n) is 13.3. The molecule has 0 spiro atoms. The topological polar surface area (TPSA) is 0 Å². The molecule has 2 heteroatoms. The molecule has 0 aromatic rings. The first-order chi connectivity index (χ1) is 20.3. The van der Waals surface area contributed by atoms with Crippen LogP contribution in [0.25, 0.3) is 0 Å². The zero-order valence-corrected chi connectivity index (χ0v) is 30.0. The average Bonchev–Trinajstić information content (AvgIpc) is 3.00. The molecule has 0 heterocycles. The summed E-state index contributed by atoms with van der Waals surface area (Å²) in [6, 6.07) is 0. The summed E-state index contributed by atoms with van der Waals surface area (Å²) >= 11 is 0. The van der Waals surface area contributed by atoms with Crippen molar-refractivity contribution in [1.29, 1.82) is 0 Å². The molecule has 0 aliphatic heterocycles. The molecular formula is C41H66F2. The zero-order valence-electron chi connectivity index (χ0n) is 30.0. The van der Waals surface area contributed by atoms with Crippen LogP contribution in [0.2, 0.25) is 0 Å². The molecule has 0 saturated heterocycles. The van der Waals surface area contributed by atoms with Crippen molar-refractivity contribution in [3.05, 3.63) is 81.0 Å². The summed E-state index contributed by atoms with van der Waals surface area (Å²) in [6.45, 7) is 28.6. The summed E-state index contributed by atoms with van der Waals surface area (Å²) in [4.78, 5) is 0. The third-order valence-electron chi connectivity index (χ3n) is 10.1. The summed E-state index contributed by atoms with van der Waals surface area (Å²) < 4.78 is 28.3. The van der Waals surface area contributed by atoms with E-state index in [1.807, 2.05) is 0 Å². The Morgan fingerprint density at radius 3 is 2.09 bits per heavy atom. The SMILES string of the molecule is C=C(\C(C)=C/C(=C\C)C(=C(\C)C(C)CC)/C(C)=C(\C)CC)C(=C\C(C)CC1CCCCC1)/C(=C/CCC(F)(F)CC)CC. The van der Waals surface area contributed by atoms with Gasteiger partial charge in [-0.3, -0.25) is 0 Å². The maximum atomic E-state index is 14.1. The van der Waals surface area contributed by atoms with Crippen LogP contribution in [0.3, 0.4) is 0 Å². The van der Waals surface area contributed by atoms with Gasteiger partial charge in [-0.2, -0.15) is 0 Å². The fraction of sp³-hybridized carbons (Fsp3) is 0.659. The lowest BCUT2D eigenvalue weighted by atomic mass is 9.81. The third kappa shape index (κ3) is 12.5. The van der Waals surface area contributed by atoms with Crippen molar-refractivity contribution in [3.8, 4) is 0 Å². The Kier molecular flexibility index (Phi) is 17.7. The van der Waals surface area contributed by atoms with E-state index < -0.39 is 5.92 Å². The van der Waals surface area contributed by atoms with Gasteiger partial charge in [-0.15, -0.1) is 0 Å². The molecular weight excluding hydrogens is 530 g/mol. The second kappa shape index (κ2) is 19.4. The van der Waals surface area contributed by atoms with E-state index >= 15 is 0 Å². The smallest absolute Gasteiger partial charge is 0.207 e. The molecule has 1 rings (SSSR count). The van der Waals surface area contributed by atoms with Crippen molar-refractivity contribution >= 4 is 0 Å². The Bertz CT molecular complexity index is 1080. The number of hydrogen-bond donors (Lipinski definition) is 0. The van der Waals surface area contributed by atoms with Crippen LogP contribution in [-0.4, -0.2) is 5.92 Å². The van der Waals surface area contributed by atoms with E-state index in [1.54, 1.807) is 6.92 Å². The molecule has 2 atom stereocenters. The van der Waals surface area contributed by atoms with Crippen molar-refractivity contribution < 1.29 is 8.78 Å². The largest absolute Gasteiger partial charge is 0.248 e. The minimum absolute atomic E-state index is 0.104. The quantitative estimate of drug-likeness (QED) is 0.147. The van der Waals surface area contributed by atoms with E-state index in [2.05, 4.69) is 100 Å². The molecule has 1 aliphatic rings. The first kappa shape index (κ1) is 39.1. The molecule has 0 amide bonds. The van der Waals surface area contributed by atoms with Gasteiger partial charge in [0.15, 0.2) is 0 Å². The Hall–Kier alpha value is -1.96. The molecule has 244 valence electrons. The Morgan fingerprint density at radius 2 is 1.58 bits per heavy atom. The van der Waals surface area contributed by atoms with Crippen molar-refractivity contribution in [2.45, 2.75) is 159 Å². The van der Waals surface area contributed by atoms with E-state index in [1.165, 1.54) is 66.4 Å². The molecule has 0 aromatic heterocycles. The number of allylic oxidation sites excluding steroid dienone is 13. The van der Waals surface area contributed by atoms with Crippen LogP contribution in [0.4, 0.5) is 8.78 Å². The Morgan fingerprint density at radius 1 is 0.953 bits per heavy atom. The van der Waals surface area contributed by atoms with Gasteiger partial charge in [-0.05, 0) is 123 Å². The highest BCUT2D eigenvalue weighted by Crippen LogP contribution is 2.36. The normalized spacial score (nSPS) is 19.2. The monoisotopic (exact) mass is 597 g/mol. The molecule has 1 aliphatic carbocycles. The van der Waals surface area contributed by atoms with Crippen LogP contribution >= 0.6 is 0 Å². The van der Waals surface area contributed by atoms with Crippen LogP contribution in [0.15, 0.2) is 81.0 Å². The first-order valence-corrected chi connectivity index (χ1v) is 17.5. The molecule has 43 heavy (non-hydrogen) atoms. The van der Waals surface area contributed by atoms with E-state index in [4.69, 9.17) is 0 Å². The van der Waals surface area contributed by atoms with Crippen molar-refractivity contribution in [3.63, 3.8) is 0 Å². The summed E-state index contributed by atoms with van der Waals surface area (Å²) in [6.07, 6.45) is 20.0. The average molecular weight is 597 g/mol. The van der Waals surface area contributed by atoms with Crippen LogP contribution in [0.1, 0.15) is 153 Å². The van der Waals surface area contributed by atoms with Gasteiger partial charge in [-0.1, -0.05) is 116 Å². The fourth-order valence-electron chi connectivity index (χ4n) is 6.39. The molecule has 0 aromatic carbocycles. The van der Waals surface area contributed by atoms with Crippen molar-refractivity contribution in [1.82, 2.24) is 0 Å². The number of alkyl halides is 2. The van der Waals surface area contributed by atoms with Gasteiger partial charge in [0, 0.05) is 12.8 Å². The molecule has 0 N–H and O–H groups in total.